The third-order valence-electron chi connectivity index (χ3n) is 7.54. The van der Waals surface area contributed by atoms with Crippen molar-refractivity contribution in [2.45, 2.75) is 43.8 Å². The number of allylic oxidation sites excluding steroid dienone is 1. The van der Waals surface area contributed by atoms with Gasteiger partial charge in [0.25, 0.3) is 0 Å². The average molecular weight is 354 g/mol. The van der Waals surface area contributed by atoms with E-state index < -0.39 is 5.41 Å². The Bertz CT molecular complexity index is 791. The Labute approximate surface area is 154 Å². The molecule has 0 aromatic heterocycles. The monoisotopic (exact) mass is 354 g/mol. The number of fused-ring (bicyclic) bond motifs is 4. The standard InChI is InChI=1S/C21H26N2O3/c1-3-12-10-23-17-9-15(12)21(11-24,20(25)26-2)18(23)8-14-13-6-4-5-7-16(13)22-19(14)17/h3-7,14-15,17-19,22,24H,8-11H2,1-2H3/t14?,15-,17-,18-,19?,21?/m1/s1. The minimum atomic E-state index is -0.839. The van der Waals surface area contributed by atoms with Crippen LogP contribution in [0.4, 0.5) is 5.69 Å². The van der Waals surface area contributed by atoms with E-state index >= 15 is 0 Å². The van der Waals surface area contributed by atoms with Crippen molar-refractivity contribution in [3.63, 3.8) is 0 Å². The molecule has 26 heavy (non-hydrogen) atoms. The van der Waals surface area contributed by atoms with Gasteiger partial charge in [0.15, 0.2) is 0 Å². The van der Waals surface area contributed by atoms with Crippen LogP contribution in [0.1, 0.15) is 31.2 Å². The number of nitrogens with one attached hydrogen (secondary N) is 1. The van der Waals surface area contributed by atoms with E-state index in [4.69, 9.17) is 4.74 Å². The molecule has 6 rings (SSSR count). The van der Waals surface area contributed by atoms with E-state index in [0.717, 1.165) is 19.4 Å². The molecule has 0 amide bonds. The zero-order chi connectivity index (χ0) is 18.1. The molecule has 5 heteroatoms. The number of para-hydroxylation sites is 1. The topological polar surface area (TPSA) is 61.8 Å². The lowest BCUT2D eigenvalue weighted by atomic mass is 9.53. The number of aliphatic hydroxyl groups is 1. The summed E-state index contributed by atoms with van der Waals surface area (Å²) < 4.78 is 5.23. The molecule has 5 heterocycles. The smallest absolute Gasteiger partial charge is 0.316 e. The molecule has 5 nitrogen and oxygen atoms in total. The van der Waals surface area contributed by atoms with Crippen molar-refractivity contribution in [2.75, 3.05) is 25.6 Å². The molecule has 1 aromatic rings. The first-order chi connectivity index (χ1) is 12.7. The number of hydrogen-bond donors (Lipinski definition) is 2. The van der Waals surface area contributed by atoms with Gasteiger partial charge in [0.05, 0.1) is 13.7 Å². The van der Waals surface area contributed by atoms with Gasteiger partial charge in [0.1, 0.15) is 5.41 Å². The van der Waals surface area contributed by atoms with Crippen molar-refractivity contribution in [1.29, 1.82) is 0 Å². The SMILES string of the molecule is CC=C1CN2[C@@H]3C[C@H]1C(CO)(C(=O)OC)[C@H]2CC1c2ccccc2NC13. The maximum atomic E-state index is 13.0. The Morgan fingerprint density at radius 1 is 1.42 bits per heavy atom. The summed E-state index contributed by atoms with van der Waals surface area (Å²) in [6, 6.07) is 9.34. The van der Waals surface area contributed by atoms with Gasteiger partial charge in [-0.25, -0.2) is 0 Å². The fourth-order valence-corrected chi connectivity index (χ4v) is 6.42. The van der Waals surface area contributed by atoms with Crippen molar-refractivity contribution in [1.82, 2.24) is 4.90 Å². The third-order valence-corrected chi connectivity index (χ3v) is 7.54. The summed E-state index contributed by atoms with van der Waals surface area (Å²) in [5.74, 6) is 0.202. The van der Waals surface area contributed by atoms with Crippen molar-refractivity contribution in [3.05, 3.63) is 41.5 Å². The molecule has 0 radical (unpaired) electrons. The zero-order valence-electron chi connectivity index (χ0n) is 15.3. The zero-order valence-corrected chi connectivity index (χ0v) is 15.3. The number of ether oxygens (including phenoxy) is 1. The van der Waals surface area contributed by atoms with Crippen LogP contribution >= 0.6 is 0 Å². The number of benzene rings is 1. The second kappa shape index (κ2) is 5.57. The minimum Gasteiger partial charge on any atom is -0.468 e. The lowest BCUT2D eigenvalue weighted by Gasteiger charge is -2.65. The maximum Gasteiger partial charge on any atom is 0.316 e. The number of carbonyl (C=O) groups is 1. The van der Waals surface area contributed by atoms with Gasteiger partial charge in [-0.05, 0) is 31.4 Å². The third kappa shape index (κ3) is 1.80. The molecule has 4 saturated heterocycles. The van der Waals surface area contributed by atoms with Gasteiger partial charge in [0.2, 0.25) is 0 Å². The van der Waals surface area contributed by atoms with E-state index in [1.54, 1.807) is 0 Å². The second-order valence-electron chi connectivity index (χ2n) is 8.20. The molecule has 4 unspecified atom stereocenters. The highest BCUT2D eigenvalue weighted by molar-refractivity contribution is 5.80. The number of carbonyl (C=O) groups excluding carboxylic acids is 1. The van der Waals surface area contributed by atoms with E-state index in [9.17, 15) is 9.90 Å². The van der Waals surface area contributed by atoms with Gasteiger partial charge >= 0.3 is 5.97 Å². The molecule has 5 aliphatic heterocycles. The summed E-state index contributed by atoms with van der Waals surface area (Å²) in [6.45, 7) is 2.79. The number of hydrogen-bond acceptors (Lipinski definition) is 5. The van der Waals surface area contributed by atoms with Crippen LogP contribution in [0.2, 0.25) is 0 Å². The highest BCUT2D eigenvalue weighted by atomic mass is 16.5. The Morgan fingerprint density at radius 3 is 2.96 bits per heavy atom. The average Bonchev–Trinajstić information content (AvgIpc) is 3.06. The van der Waals surface area contributed by atoms with Crippen LogP contribution in [0.15, 0.2) is 35.9 Å². The van der Waals surface area contributed by atoms with Crippen LogP contribution in [0.3, 0.4) is 0 Å². The van der Waals surface area contributed by atoms with E-state index in [1.807, 2.05) is 6.92 Å². The molecule has 4 bridgehead atoms. The number of aliphatic hydroxyl groups excluding tert-OH is 1. The molecular formula is C21H26N2O3. The van der Waals surface area contributed by atoms with Gasteiger partial charge in [-0.1, -0.05) is 29.8 Å². The number of nitrogens with zero attached hydrogens (tertiary/aromatic N) is 1. The molecule has 138 valence electrons. The normalized spacial score (nSPS) is 43.6. The van der Waals surface area contributed by atoms with Gasteiger partial charge in [0, 0.05) is 42.2 Å². The van der Waals surface area contributed by atoms with Gasteiger partial charge in [-0.15, -0.1) is 0 Å². The van der Waals surface area contributed by atoms with Crippen LogP contribution in [0, 0.1) is 11.3 Å². The van der Waals surface area contributed by atoms with Crippen molar-refractivity contribution < 1.29 is 14.6 Å². The van der Waals surface area contributed by atoms with Crippen molar-refractivity contribution in [2.24, 2.45) is 11.3 Å². The lowest BCUT2D eigenvalue weighted by molar-refractivity contribution is -0.188. The van der Waals surface area contributed by atoms with Gasteiger partial charge in [-0.2, -0.15) is 0 Å². The van der Waals surface area contributed by atoms with Crippen molar-refractivity contribution in [3.8, 4) is 0 Å². The Morgan fingerprint density at radius 2 is 2.23 bits per heavy atom. The number of rotatable bonds is 2. The Kier molecular flexibility index (Phi) is 3.50. The molecule has 0 saturated carbocycles. The number of anilines is 1. The van der Waals surface area contributed by atoms with Gasteiger partial charge in [-0.3, -0.25) is 9.69 Å². The molecule has 1 aromatic carbocycles. The van der Waals surface area contributed by atoms with Crippen LogP contribution in [0.5, 0.6) is 0 Å². The molecule has 5 aliphatic rings. The number of piperidine rings is 4. The quantitative estimate of drug-likeness (QED) is 0.629. The highest BCUT2D eigenvalue weighted by Gasteiger charge is 2.67. The van der Waals surface area contributed by atoms with Gasteiger partial charge < -0.3 is 15.2 Å². The maximum absolute atomic E-state index is 13.0. The summed E-state index contributed by atoms with van der Waals surface area (Å²) in [4.78, 5) is 15.4. The molecule has 2 N–H and O–H groups in total. The van der Waals surface area contributed by atoms with Crippen LogP contribution in [-0.4, -0.2) is 54.4 Å². The van der Waals surface area contributed by atoms with Crippen LogP contribution in [-0.2, 0) is 9.53 Å². The molecule has 0 spiro atoms. The molecular weight excluding hydrogens is 328 g/mol. The molecule has 0 aliphatic carbocycles. The van der Waals surface area contributed by atoms with E-state index in [-0.39, 0.29) is 24.5 Å². The fraction of sp³-hybridized carbons (Fsp3) is 0.571. The van der Waals surface area contributed by atoms with Crippen LogP contribution in [0.25, 0.3) is 0 Å². The predicted octanol–water partition coefficient (Wildman–Crippen LogP) is 2.14. The summed E-state index contributed by atoms with van der Waals surface area (Å²) >= 11 is 0. The Balaban J connectivity index is 1.63. The minimum absolute atomic E-state index is 0.0293. The first kappa shape index (κ1) is 16.3. The van der Waals surface area contributed by atoms with E-state index in [0.29, 0.717) is 18.0 Å². The fourth-order valence-electron chi connectivity index (χ4n) is 6.42. The highest BCUT2D eigenvalue weighted by Crippen LogP contribution is 2.60. The first-order valence-electron chi connectivity index (χ1n) is 9.61. The second-order valence-corrected chi connectivity index (χ2v) is 8.20. The predicted molar refractivity (Wildman–Crippen MR) is 98.9 cm³/mol. The molecule has 7 atom stereocenters. The summed E-state index contributed by atoms with van der Waals surface area (Å²) in [6.07, 6.45) is 3.91. The summed E-state index contributed by atoms with van der Waals surface area (Å²) in [5.41, 5.74) is 3.01. The number of methoxy groups -OCH3 is 1. The van der Waals surface area contributed by atoms with E-state index in [2.05, 4.69) is 40.6 Å². The summed E-state index contributed by atoms with van der Waals surface area (Å²) in [7, 11) is 1.45. The number of esters is 1. The largest absolute Gasteiger partial charge is 0.468 e. The summed E-state index contributed by atoms with van der Waals surface area (Å²) in [5, 5.41) is 14.2. The first-order valence-corrected chi connectivity index (χ1v) is 9.61. The lowest BCUT2D eigenvalue weighted by Crippen LogP contribution is -2.75. The Hall–Kier alpha value is -1.85. The molecule has 4 fully saturated rings. The van der Waals surface area contributed by atoms with Crippen molar-refractivity contribution >= 4 is 11.7 Å². The van der Waals surface area contributed by atoms with E-state index in [1.165, 1.54) is 23.9 Å². The van der Waals surface area contributed by atoms with Crippen LogP contribution < -0.4 is 5.32 Å².